The molecule has 0 amide bonds. The predicted octanol–water partition coefficient (Wildman–Crippen LogP) is -0.586. The van der Waals surface area contributed by atoms with Crippen molar-refractivity contribution in [1.29, 1.82) is 0 Å². The van der Waals surface area contributed by atoms with Crippen LogP contribution in [0.2, 0.25) is 6.32 Å². The molecular formula is C4H7BF3K. The van der Waals surface area contributed by atoms with Crippen LogP contribution < -0.4 is 51.4 Å². The van der Waals surface area contributed by atoms with Gasteiger partial charge in [0.1, 0.15) is 0 Å². The van der Waals surface area contributed by atoms with Crippen molar-refractivity contribution in [2.75, 3.05) is 0 Å². The summed E-state index contributed by atoms with van der Waals surface area (Å²) in [5.41, 5.74) is 0. The topological polar surface area (TPSA) is 0 Å². The first-order chi connectivity index (χ1) is 3.56. The van der Waals surface area contributed by atoms with E-state index in [4.69, 9.17) is 0 Å². The van der Waals surface area contributed by atoms with Gasteiger partial charge in [0.2, 0.25) is 0 Å². The molecular weight excluding hydrogens is 155 g/mol. The van der Waals surface area contributed by atoms with Gasteiger partial charge in [0, 0.05) is 0 Å². The van der Waals surface area contributed by atoms with E-state index in [0.29, 0.717) is 0 Å². The van der Waals surface area contributed by atoms with Gasteiger partial charge in [0.05, 0.1) is 0 Å². The minimum Gasteiger partial charge on any atom is -0.449 e. The number of halogens is 3. The molecule has 0 aromatic carbocycles. The van der Waals surface area contributed by atoms with Gasteiger partial charge in [0.15, 0.2) is 0 Å². The molecule has 0 heterocycles. The first-order valence-corrected chi connectivity index (χ1v) is 2.38. The summed E-state index contributed by atoms with van der Waals surface area (Å²) in [5, 5.41) is 0. The van der Waals surface area contributed by atoms with Crippen LogP contribution in [0.5, 0.6) is 0 Å². The van der Waals surface area contributed by atoms with Crippen molar-refractivity contribution < 1.29 is 64.3 Å². The van der Waals surface area contributed by atoms with Crippen LogP contribution in [0.15, 0.2) is 12.2 Å². The van der Waals surface area contributed by atoms with Crippen molar-refractivity contribution in [2.24, 2.45) is 0 Å². The zero-order valence-corrected chi connectivity index (χ0v) is 8.70. The quantitative estimate of drug-likeness (QED) is 0.376. The van der Waals surface area contributed by atoms with E-state index in [2.05, 4.69) is 0 Å². The van der Waals surface area contributed by atoms with Crippen molar-refractivity contribution in [2.45, 2.75) is 13.2 Å². The van der Waals surface area contributed by atoms with Crippen molar-refractivity contribution in [3.63, 3.8) is 0 Å². The van der Waals surface area contributed by atoms with E-state index in [1.54, 1.807) is 6.92 Å². The van der Waals surface area contributed by atoms with Crippen molar-refractivity contribution in [3.05, 3.63) is 12.2 Å². The first kappa shape index (κ1) is 12.9. The molecule has 5 heteroatoms. The summed E-state index contributed by atoms with van der Waals surface area (Å²) in [6, 6.07) is 0. The van der Waals surface area contributed by atoms with E-state index in [1.165, 1.54) is 6.08 Å². The van der Waals surface area contributed by atoms with Gasteiger partial charge >= 0.3 is 58.4 Å². The van der Waals surface area contributed by atoms with Crippen molar-refractivity contribution in [3.8, 4) is 0 Å². The zero-order chi connectivity index (χ0) is 6.62. The van der Waals surface area contributed by atoms with Crippen LogP contribution in [0.1, 0.15) is 6.92 Å². The summed E-state index contributed by atoms with van der Waals surface area (Å²) in [6.07, 6.45) is 1.76. The third-order valence-electron chi connectivity index (χ3n) is 0.639. The summed E-state index contributed by atoms with van der Waals surface area (Å²) < 4.78 is 33.8. The molecule has 0 N–H and O–H groups in total. The van der Waals surface area contributed by atoms with Gasteiger partial charge in [-0.15, -0.1) is 6.08 Å². The third kappa shape index (κ3) is 12.4. The van der Waals surface area contributed by atoms with Crippen LogP contribution in [0.3, 0.4) is 0 Å². The molecule has 0 radical (unpaired) electrons. The normalized spacial score (nSPS) is 11.6. The Kier molecular flexibility index (Phi) is 8.54. The molecule has 0 fully saturated rings. The van der Waals surface area contributed by atoms with Gasteiger partial charge in [-0.3, -0.25) is 0 Å². The van der Waals surface area contributed by atoms with E-state index in [9.17, 15) is 12.9 Å². The Bertz CT molecular complexity index is 88.3. The SMILES string of the molecule is CC=CC[B-](F)(F)F.[K+]. The fourth-order valence-electron chi connectivity index (χ4n) is 0.290. The maximum absolute atomic E-state index is 11.3. The molecule has 48 valence electrons. The second-order valence-electron chi connectivity index (χ2n) is 1.52. The number of rotatable bonds is 2. The smallest absolute Gasteiger partial charge is 0.449 e. The Balaban J connectivity index is 0. The summed E-state index contributed by atoms with van der Waals surface area (Å²) in [5.74, 6) is 0. The minimum absolute atomic E-state index is 0. The van der Waals surface area contributed by atoms with E-state index in [-0.39, 0.29) is 51.4 Å². The van der Waals surface area contributed by atoms with E-state index in [0.717, 1.165) is 6.08 Å². The Morgan fingerprint density at radius 2 is 1.78 bits per heavy atom. The summed E-state index contributed by atoms with van der Waals surface area (Å²) in [7, 11) is 0. The largest absolute Gasteiger partial charge is 1.00 e. The first-order valence-electron chi connectivity index (χ1n) is 2.38. The average Bonchev–Trinajstić information content (AvgIpc) is 1.59. The second kappa shape index (κ2) is 5.98. The van der Waals surface area contributed by atoms with Crippen LogP contribution >= 0.6 is 0 Å². The Morgan fingerprint density at radius 3 is 1.89 bits per heavy atom. The molecule has 0 bridgehead atoms. The molecule has 9 heavy (non-hydrogen) atoms. The van der Waals surface area contributed by atoms with Crippen LogP contribution in [-0.2, 0) is 0 Å². The van der Waals surface area contributed by atoms with E-state index in [1.807, 2.05) is 0 Å². The molecule has 0 aliphatic carbocycles. The van der Waals surface area contributed by atoms with Crippen LogP contribution in [-0.4, -0.2) is 6.98 Å². The summed E-state index contributed by atoms with van der Waals surface area (Å²) in [6.45, 7) is -3.02. The molecule has 0 saturated carbocycles. The maximum atomic E-state index is 11.3. The summed E-state index contributed by atoms with van der Waals surface area (Å²) in [4.78, 5) is 0. The second-order valence-corrected chi connectivity index (χ2v) is 1.52. The molecule has 0 aromatic heterocycles. The molecule has 0 unspecified atom stereocenters. The van der Waals surface area contributed by atoms with Gasteiger partial charge in [-0.05, 0) is 6.92 Å². The Hall–Kier alpha value is 1.23. The molecule has 0 atom stereocenters. The molecule has 0 aliphatic heterocycles. The number of hydrogen-bond donors (Lipinski definition) is 0. The van der Waals surface area contributed by atoms with Gasteiger partial charge in [-0.1, -0.05) is 12.4 Å². The third-order valence-corrected chi connectivity index (χ3v) is 0.639. The molecule has 0 saturated heterocycles. The van der Waals surface area contributed by atoms with Gasteiger partial charge in [-0.25, -0.2) is 0 Å². The summed E-state index contributed by atoms with van der Waals surface area (Å²) >= 11 is 0. The minimum atomic E-state index is -4.59. The van der Waals surface area contributed by atoms with Crippen molar-refractivity contribution >= 4 is 6.98 Å². The maximum Gasteiger partial charge on any atom is 1.00 e. The fraction of sp³-hybridized carbons (Fsp3) is 0.500. The number of allylic oxidation sites excluding steroid dienone is 2. The predicted molar refractivity (Wildman–Crippen MR) is 28.7 cm³/mol. The molecule has 0 spiro atoms. The molecule has 0 aliphatic rings. The number of hydrogen-bond acceptors (Lipinski definition) is 0. The molecule has 0 aromatic rings. The van der Waals surface area contributed by atoms with E-state index < -0.39 is 13.3 Å². The monoisotopic (exact) mass is 162 g/mol. The zero-order valence-electron chi connectivity index (χ0n) is 5.57. The van der Waals surface area contributed by atoms with Crippen LogP contribution in [0.25, 0.3) is 0 Å². The Morgan fingerprint density at radius 1 is 1.33 bits per heavy atom. The average molecular weight is 162 g/mol. The molecule has 0 nitrogen and oxygen atoms in total. The van der Waals surface area contributed by atoms with Crippen LogP contribution in [0, 0.1) is 0 Å². The van der Waals surface area contributed by atoms with Gasteiger partial charge in [0.25, 0.3) is 0 Å². The Labute approximate surface area is 95.4 Å². The van der Waals surface area contributed by atoms with Gasteiger partial charge in [-0.2, -0.15) is 0 Å². The van der Waals surface area contributed by atoms with Gasteiger partial charge < -0.3 is 12.9 Å². The fourth-order valence-corrected chi connectivity index (χ4v) is 0.290. The standard InChI is InChI=1S/C4H7BF3.K/c1-2-3-4-5(6,7)8;/h2-3H,4H2,1H3;/q-1;+1. The van der Waals surface area contributed by atoms with E-state index >= 15 is 0 Å². The van der Waals surface area contributed by atoms with Crippen molar-refractivity contribution in [1.82, 2.24) is 0 Å². The van der Waals surface area contributed by atoms with Crippen LogP contribution in [0.4, 0.5) is 12.9 Å². The molecule has 0 rings (SSSR count).